The van der Waals surface area contributed by atoms with Crippen molar-refractivity contribution in [3.8, 4) is 0 Å². The van der Waals surface area contributed by atoms with Gasteiger partial charge in [0.15, 0.2) is 12.2 Å². The van der Waals surface area contributed by atoms with Crippen LogP contribution in [0.25, 0.3) is 0 Å². The van der Waals surface area contributed by atoms with E-state index in [2.05, 4.69) is 34.6 Å². The Kier molecular flexibility index (Phi) is 53.6. The van der Waals surface area contributed by atoms with Gasteiger partial charge >= 0.3 is 39.5 Å². The van der Waals surface area contributed by atoms with Gasteiger partial charge in [-0.1, -0.05) is 253 Å². The Labute approximate surface area is 486 Å². The molecule has 0 aromatic rings. The topological polar surface area (TPSA) is 237 Å². The number of phosphoric ester groups is 2. The van der Waals surface area contributed by atoms with E-state index in [1.165, 1.54) is 103 Å². The number of carbonyl (C=O) groups is 4. The number of carbonyl (C=O) groups excluding carboxylic acids is 4. The van der Waals surface area contributed by atoms with Crippen LogP contribution in [0.5, 0.6) is 0 Å². The maximum absolute atomic E-state index is 12.9. The highest BCUT2D eigenvalue weighted by Crippen LogP contribution is 2.45. The Hall–Kier alpha value is -1.94. The molecule has 19 heteroatoms. The molecule has 5 atom stereocenters. The summed E-state index contributed by atoms with van der Waals surface area (Å²) in [5.41, 5.74) is 0. The van der Waals surface area contributed by atoms with Crippen LogP contribution in [0, 0.1) is 5.92 Å². The van der Waals surface area contributed by atoms with Gasteiger partial charge in [0, 0.05) is 25.7 Å². The predicted octanol–water partition coefficient (Wildman–Crippen LogP) is 16.6. The summed E-state index contributed by atoms with van der Waals surface area (Å²) in [6, 6.07) is 0. The first kappa shape index (κ1) is 78.1. The quantitative estimate of drug-likeness (QED) is 0.0222. The second kappa shape index (κ2) is 55.0. The molecule has 0 saturated carbocycles. The Balaban J connectivity index is 5.07. The van der Waals surface area contributed by atoms with E-state index >= 15 is 0 Å². The molecule has 0 aliphatic carbocycles. The highest BCUT2D eigenvalue weighted by Gasteiger charge is 2.30. The molecule has 2 unspecified atom stereocenters. The smallest absolute Gasteiger partial charge is 0.462 e. The number of aliphatic hydroxyl groups is 1. The van der Waals surface area contributed by atoms with Gasteiger partial charge in [0.25, 0.3) is 0 Å². The Bertz CT molecular complexity index is 1570. The van der Waals surface area contributed by atoms with Gasteiger partial charge in [0.05, 0.1) is 26.4 Å². The minimum atomic E-state index is -4.94. The van der Waals surface area contributed by atoms with Crippen molar-refractivity contribution in [1.29, 1.82) is 0 Å². The number of esters is 4. The lowest BCUT2D eigenvalue weighted by Crippen LogP contribution is -2.30. The van der Waals surface area contributed by atoms with Gasteiger partial charge in [-0.2, -0.15) is 0 Å². The van der Waals surface area contributed by atoms with E-state index in [1.54, 1.807) is 0 Å². The largest absolute Gasteiger partial charge is 0.472 e. The predicted molar refractivity (Wildman–Crippen MR) is 317 cm³/mol. The molecule has 0 saturated heterocycles. The standard InChI is InChI=1S/C61H118O17P2/c1-6-9-12-15-17-18-19-20-21-22-23-24-25-26-27-28-30-37-42-47-61(66)78-57(51-72-59(64)45-40-35-32-31-34-38-43-54(4)5)53-76-80(69,70)74-49-55(62)48-73-79(67,68)75-52-56(50-71-58(63)44-39-33-14-11-8-3)77-60(65)46-41-36-29-16-13-10-7-2/h54-57,62H,6-53H2,1-5H3,(H,67,68)(H,69,70)/t55-,56+,57+/m0/s1. The number of rotatable bonds is 61. The van der Waals surface area contributed by atoms with Crippen molar-refractivity contribution in [3.63, 3.8) is 0 Å². The van der Waals surface area contributed by atoms with E-state index in [1.807, 2.05) is 0 Å². The summed E-state index contributed by atoms with van der Waals surface area (Å²) in [6.45, 7) is 6.95. The fourth-order valence-electron chi connectivity index (χ4n) is 9.05. The average molecular weight is 1190 g/mol. The van der Waals surface area contributed by atoms with Gasteiger partial charge in [-0.15, -0.1) is 0 Å². The molecule has 0 rings (SSSR count). The van der Waals surface area contributed by atoms with Crippen molar-refractivity contribution in [2.45, 2.75) is 323 Å². The third-order valence-electron chi connectivity index (χ3n) is 14.0. The first-order chi connectivity index (χ1) is 38.5. The summed E-state index contributed by atoms with van der Waals surface area (Å²) in [4.78, 5) is 71.6. The van der Waals surface area contributed by atoms with Crippen molar-refractivity contribution in [2.24, 2.45) is 5.92 Å². The van der Waals surface area contributed by atoms with E-state index in [-0.39, 0.29) is 25.7 Å². The molecule has 0 aliphatic rings. The number of ether oxygens (including phenoxy) is 4. The van der Waals surface area contributed by atoms with E-state index in [4.69, 9.17) is 37.0 Å². The van der Waals surface area contributed by atoms with Gasteiger partial charge in [0.1, 0.15) is 19.3 Å². The average Bonchev–Trinajstić information content (AvgIpc) is 3.42. The van der Waals surface area contributed by atoms with Gasteiger partial charge in [-0.25, -0.2) is 9.13 Å². The number of unbranched alkanes of at least 4 members (excludes halogenated alkanes) is 33. The minimum Gasteiger partial charge on any atom is -0.462 e. The Morgan fingerprint density at radius 2 is 0.575 bits per heavy atom. The molecule has 0 aromatic carbocycles. The molecular formula is C61H118O17P2. The molecule has 80 heavy (non-hydrogen) atoms. The summed E-state index contributed by atoms with van der Waals surface area (Å²) < 4.78 is 67.5. The van der Waals surface area contributed by atoms with Gasteiger partial charge < -0.3 is 33.8 Å². The summed E-state index contributed by atoms with van der Waals surface area (Å²) in [5.74, 6) is -1.48. The molecule has 0 bridgehead atoms. The van der Waals surface area contributed by atoms with Crippen LogP contribution in [0.4, 0.5) is 0 Å². The van der Waals surface area contributed by atoms with Crippen LogP contribution < -0.4 is 0 Å². The highest BCUT2D eigenvalue weighted by atomic mass is 31.2. The second-order valence-electron chi connectivity index (χ2n) is 22.6. The molecule has 474 valence electrons. The molecule has 0 spiro atoms. The molecule has 17 nitrogen and oxygen atoms in total. The highest BCUT2D eigenvalue weighted by molar-refractivity contribution is 7.47. The van der Waals surface area contributed by atoms with Crippen LogP contribution in [-0.2, 0) is 65.4 Å². The first-order valence-electron chi connectivity index (χ1n) is 32.1. The fourth-order valence-corrected chi connectivity index (χ4v) is 10.6. The number of hydrogen-bond acceptors (Lipinski definition) is 15. The second-order valence-corrected chi connectivity index (χ2v) is 25.5. The lowest BCUT2D eigenvalue weighted by atomic mass is 10.0. The van der Waals surface area contributed by atoms with Gasteiger partial charge in [0.2, 0.25) is 0 Å². The van der Waals surface area contributed by atoms with Crippen LogP contribution in [-0.4, -0.2) is 96.7 Å². The number of aliphatic hydroxyl groups excluding tert-OH is 1. The first-order valence-corrected chi connectivity index (χ1v) is 35.1. The molecular weight excluding hydrogens is 1070 g/mol. The lowest BCUT2D eigenvalue weighted by Gasteiger charge is -2.21. The molecule has 0 amide bonds. The van der Waals surface area contributed by atoms with Crippen molar-refractivity contribution >= 4 is 39.5 Å². The van der Waals surface area contributed by atoms with Crippen LogP contribution in [0.15, 0.2) is 0 Å². The maximum atomic E-state index is 12.9. The van der Waals surface area contributed by atoms with Crippen LogP contribution in [0.2, 0.25) is 0 Å². The minimum absolute atomic E-state index is 0.103. The zero-order valence-electron chi connectivity index (χ0n) is 51.2. The van der Waals surface area contributed by atoms with Crippen molar-refractivity contribution < 1.29 is 80.2 Å². The monoisotopic (exact) mass is 1180 g/mol. The molecule has 0 aliphatic heterocycles. The normalized spacial score (nSPS) is 14.3. The Morgan fingerprint density at radius 1 is 0.338 bits per heavy atom. The zero-order chi connectivity index (χ0) is 59.2. The Morgan fingerprint density at radius 3 is 0.850 bits per heavy atom. The zero-order valence-corrected chi connectivity index (χ0v) is 53.0. The van der Waals surface area contributed by atoms with Crippen LogP contribution in [0.1, 0.15) is 304 Å². The van der Waals surface area contributed by atoms with Crippen molar-refractivity contribution in [2.75, 3.05) is 39.6 Å². The summed E-state index contributed by atoms with van der Waals surface area (Å²) in [5, 5.41) is 10.5. The summed E-state index contributed by atoms with van der Waals surface area (Å²) >= 11 is 0. The van der Waals surface area contributed by atoms with E-state index in [9.17, 15) is 43.2 Å². The third kappa shape index (κ3) is 55.3. The SMILES string of the molecule is CCCCCCCCCCCCCCCCCCCCCC(=O)O[C@H](COC(=O)CCCCCCCCC(C)C)COP(=O)(O)OC[C@@H](O)COP(=O)(O)OC[C@@H](COC(=O)CCCCCCC)OC(=O)CCCCCCCCC. The van der Waals surface area contributed by atoms with E-state index in [0.717, 1.165) is 116 Å². The number of phosphoric acid groups is 2. The fraction of sp³-hybridized carbons (Fsp3) is 0.934. The van der Waals surface area contributed by atoms with E-state index in [0.29, 0.717) is 31.6 Å². The van der Waals surface area contributed by atoms with Gasteiger partial charge in [-0.05, 0) is 31.6 Å². The van der Waals surface area contributed by atoms with Gasteiger partial charge in [-0.3, -0.25) is 37.3 Å². The van der Waals surface area contributed by atoms with Crippen molar-refractivity contribution in [1.82, 2.24) is 0 Å². The summed E-state index contributed by atoms with van der Waals surface area (Å²) in [6.07, 6.45) is 38.4. The van der Waals surface area contributed by atoms with E-state index < -0.39 is 97.5 Å². The van der Waals surface area contributed by atoms with Crippen LogP contribution >= 0.6 is 15.6 Å². The molecule has 3 N–H and O–H groups in total. The third-order valence-corrected chi connectivity index (χ3v) is 15.9. The molecule has 0 heterocycles. The van der Waals surface area contributed by atoms with Crippen LogP contribution in [0.3, 0.4) is 0 Å². The number of hydrogen-bond donors (Lipinski definition) is 3. The summed E-state index contributed by atoms with van der Waals surface area (Å²) in [7, 11) is -9.86. The molecule has 0 radical (unpaired) electrons. The molecule has 0 aromatic heterocycles. The van der Waals surface area contributed by atoms with Crippen molar-refractivity contribution in [3.05, 3.63) is 0 Å². The molecule has 0 fully saturated rings. The lowest BCUT2D eigenvalue weighted by molar-refractivity contribution is -0.161. The maximum Gasteiger partial charge on any atom is 0.472 e.